The average Bonchev–Trinajstić information content (AvgIpc) is 2.82. The van der Waals surface area contributed by atoms with Gasteiger partial charge in [0, 0.05) is 0 Å². The van der Waals surface area contributed by atoms with Crippen molar-refractivity contribution in [2.24, 2.45) is 28.6 Å². The van der Waals surface area contributed by atoms with E-state index in [2.05, 4.69) is 20.8 Å². The van der Waals surface area contributed by atoms with E-state index in [4.69, 9.17) is 9.47 Å². The Morgan fingerprint density at radius 3 is 2.45 bits per heavy atom. The van der Waals surface area contributed by atoms with Gasteiger partial charge < -0.3 is 9.47 Å². The van der Waals surface area contributed by atoms with Crippen LogP contribution in [0.3, 0.4) is 0 Å². The number of carbonyl (C=O) groups is 1. The molecule has 1 aliphatic heterocycles. The van der Waals surface area contributed by atoms with Gasteiger partial charge in [-0.1, -0.05) is 20.8 Å². The molecule has 114 valence electrons. The molecular weight excluding hydrogens is 252 g/mol. The first-order chi connectivity index (χ1) is 9.20. The molecule has 0 N–H and O–H groups in total. The molecule has 5 unspecified atom stereocenters. The van der Waals surface area contributed by atoms with Gasteiger partial charge in [-0.05, 0) is 56.3 Å². The van der Waals surface area contributed by atoms with E-state index < -0.39 is 5.41 Å². The third-order valence-electron chi connectivity index (χ3n) is 6.35. The van der Waals surface area contributed by atoms with Crippen LogP contribution in [0, 0.1) is 28.6 Å². The lowest BCUT2D eigenvalue weighted by Crippen LogP contribution is -2.45. The summed E-state index contributed by atoms with van der Waals surface area (Å²) in [7, 11) is 0. The maximum atomic E-state index is 12.6. The van der Waals surface area contributed by atoms with E-state index in [0.29, 0.717) is 5.92 Å². The van der Waals surface area contributed by atoms with Crippen LogP contribution in [0.2, 0.25) is 0 Å². The molecule has 0 aromatic heterocycles. The number of rotatable bonds is 2. The average molecular weight is 280 g/mol. The molecule has 2 bridgehead atoms. The molecule has 0 spiro atoms. The van der Waals surface area contributed by atoms with Crippen molar-refractivity contribution >= 4 is 5.97 Å². The molecule has 3 nitrogen and oxygen atoms in total. The fourth-order valence-electron chi connectivity index (χ4n) is 3.97. The highest BCUT2D eigenvalue weighted by atomic mass is 16.6. The molecule has 0 aromatic rings. The zero-order valence-electron chi connectivity index (χ0n) is 13.4. The highest BCUT2D eigenvalue weighted by Crippen LogP contribution is 2.52. The van der Waals surface area contributed by atoms with Gasteiger partial charge in [0.05, 0.1) is 18.1 Å². The van der Waals surface area contributed by atoms with Crippen LogP contribution in [0.5, 0.6) is 0 Å². The largest absolute Gasteiger partial charge is 0.459 e. The predicted octanol–water partition coefficient (Wildman–Crippen LogP) is 3.42. The first-order valence-electron chi connectivity index (χ1n) is 8.03. The van der Waals surface area contributed by atoms with Crippen LogP contribution in [0.25, 0.3) is 0 Å². The molecule has 2 aliphatic carbocycles. The summed E-state index contributed by atoms with van der Waals surface area (Å²) in [5.74, 6) is 2.05. The molecule has 0 radical (unpaired) electrons. The molecular formula is C17H28O3. The van der Waals surface area contributed by atoms with E-state index in [1.54, 1.807) is 0 Å². The molecule has 0 amide bonds. The fraction of sp³-hybridized carbons (Fsp3) is 0.941. The summed E-state index contributed by atoms with van der Waals surface area (Å²) < 4.78 is 11.9. The monoisotopic (exact) mass is 280 g/mol. The summed E-state index contributed by atoms with van der Waals surface area (Å²) in [5.41, 5.74) is -0.571. The minimum atomic E-state index is -0.471. The van der Waals surface area contributed by atoms with Crippen LogP contribution in [0.15, 0.2) is 0 Å². The number of hydrogen-bond acceptors (Lipinski definition) is 3. The number of ether oxygens (including phenoxy) is 2. The van der Waals surface area contributed by atoms with Crippen molar-refractivity contribution in [1.82, 2.24) is 0 Å². The maximum absolute atomic E-state index is 12.6. The third kappa shape index (κ3) is 2.09. The number of fused-ring (bicyclic) bond motifs is 1. The summed E-state index contributed by atoms with van der Waals surface area (Å²) >= 11 is 0. The Kier molecular flexibility index (Phi) is 3.20. The van der Waals surface area contributed by atoms with E-state index in [1.165, 1.54) is 12.8 Å². The molecule has 0 aromatic carbocycles. The van der Waals surface area contributed by atoms with Crippen LogP contribution >= 0.6 is 0 Å². The highest BCUT2D eigenvalue weighted by Gasteiger charge is 2.54. The van der Waals surface area contributed by atoms with Gasteiger partial charge in [0.25, 0.3) is 0 Å². The summed E-state index contributed by atoms with van der Waals surface area (Å²) in [5, 5.41) is 0. The van der Waals surface area contributed by atoms with Crippen LogP contribution in [0.1, 0.15) is 53.9 Å². The molecule has 20 heavy (non-hydrogen) atoms. The Hall–Kier alpha value is -0.570. The van der Waals surface area contributed by atoms with Crippen molar-refractivity contribution in [2.75, 3.05) is 6.61 Å². The minimum absolute atomic E-state index is 0.0135. The van der Waals surface area contributed by atoms with Gasteiger partial charge >= 0.3 is 5.97 Å². The number of esters is 1. The zero-order chi connectivity index (χ0) is 14.7. The zero-order valence-corrected chi connectivity index (χ0v) is 13.4. The third-order valence-corrected chi connectivity index (χ3v) is 6.35. The molecule has 3 rings (SSSR count). The van der Waals surface area contributed by atoms with Crippen molar-refractivity contribution in [3.63, 3.8) is 0 Å². The Balaban J connectivity index is 1.71. The molecule has 1 saturated heterocycles. The van der Waals surface area contributed by atoms with Gasteiger partial charge in [-0.25, -0.2) is 0 Å². The molecule has 3 heteroatoms. The van der Waals surface area contributed by atoms with Crippen LogP contribution in [-0.2, 0) is 14.3 Å². The molecule has 3 aliphatic rings. The summed E-state index contributed by atoms with van der Waals surface area (Å²) in [6.45, 7) is 11.2. The molecule has 1 heterocycles. The lowest BCUT2D eigenvalue weighted by molar-refractivity contribution is -0.177. The van der Waals surface area contributed by atoms with Crippen molar-refractivity contribution in [3.05, 3.63) is 0 Å². The first-order valence-corrected chi connectivity index (χ1v) is 8.03. The minimum Gasteiger partial charge on any atom is -0.459 e. The van der Waals surface area contributed by atoms with E-state index in [-0.39, 0.29) is 23.6 Å². The Labute approximate surface area is 122 Å². The standard InChI is InChI=1S/C17H28O3/c1-16(2,3)17(4,5)15(18)20-13-8-10-6-11-9-19-14(13)12(11)7-10/h10-14H,6-9H2,1-5H3. The fourth-order valence-corrected chi connectivity index (χ4v) is 3.97. The van der Waals surface area contributed by atoms with E-state index >= 15 is 0 Å². The topological polar surface area (TPSA) is 35.5 Å². The Morgan fingerprint density at radius 2 is 1.80 bits per heavy atom. The van der Waals surface area contributed by atoms with Gasteiger partial charge in [-0.2, -0.15) is 0 Å². The predicted molar refractivity (Wildman–Crippen MR) is 77.2 cm³/mol. The van der Waals surface area contributed by atoms with Crippen molar-refractivity contribution < 1.29 is 14.3 Å². The van der Waals surface area contributed by atoms with Crippen molar-refractivity contribution in [1.29, 1.82) is 0 Å². The van der Waals surface area contributed by atoms with E-state index in [0.717, 1.165) is 24.9 Å². The van der Waals surface area contributed by atoms with Gasteiger partial charge in [0.15, 0.2) is 0 Å². The first kappa shape index (κ1) is 14.4. The van der Waals surface area contributed by atoms with E-state index in [9.17, 15) is 4.79 Å². The summed E-state index contributed by atoms with van der Waals surface area (Å²) in [4.78, 5) is 12.6. The smallest absolute Gasteiger partial charge is 0.312 e. The quantitative estimate of drug-likeness (QED) is 0.727. The highest BCUT2D eigenvalue weighted by molar-refractivity contribution is 5.77. The summed E-state index contributed by atoms with van der Waals surface area (Å²) in [6, 6.07) is 0. The Bertz CT molecular complexity index is 405. The molecule has 3 fully saturated rings. The SMILES string of the molecule is CC(C)(C)C(C)(C)C(=O)OC1CC2CC3COC1C3C2. The lowest BCUT2D eigenvalue weighted by atomic mass is 9.69. The van der Waals surface area contributed by atoms with Crippen LogP contribution in [-0.4, -0.2) is 24.8 Å². The van der Waals surface area contributed by atoms with Crippen molar-refractivity contribution in [3.8, 4) is 0 Å². The maximum Gasteiger partial charge on any atom is 0.312 e. The number of hydrogen-bond donors (Lipinski definition) is 0. The van der Waals surface area contributed by atoms with Gasteiger partial charge in [0.1, 0.15) is 6.10 Å². The van der Waals surface area contributed by atoms with E-state index in [1.807, 2.05) is 13.8 Å². The van der Waals surface area contributed by atoms with Crippen molar-refractivity contribution in [2.45, 2.75) is 66.1 Å². The van der Waals surface area contributed by atoms with Crippen LogP contribution < -0.4 is 0 Å². The second-order valence-corrected chi connectivity index (χ2v) is 8.61. The lowest BCUT2D eigenvalue weighted by Gasteiger charge is -2.40. The van der Waals surface area contributed by atoms with Gasteiger partial charge in [0.2, 0.25) is 0 Å². The normalized spacial score (nSPS) is 40.0. The second-order valence-electron chi connectivity index (χ2n) is 8.61. The molecule has 5 atom stereocenters. The second kappa shape index (κ2) is 4.46. The molecule has 2 saturated carbocycles. The van der Waals surface area contributed by atoms with Gasteiger partial charge in [-0.3, -0.25) is 4.79 Å². The van der Waals surface area contributed by atoms with Crippen LogP contribution in [0.4, 0.5) is 0 Å². The summed E-state index contributed by atoms with van der Waals surface area (Å²) in [6.07, 6.45) is 3.71. The number of carbonyl (C=O) groups excluding carboxylic acids is 1. The Morgan fingerprint density at radius 1 is 1.10 bits per heavy atom. The van der Waals surface area contributed by atoms with Gasteiger partial charge in [-0.15, -0.1) is 0 Å².